The van der Waals surface area contributed by atoms with Crippen molar-refractivity contribution >= 4 is 35.3 Å². The van der Waals surface area contributed by atoms with Gasteiger partial charge < -0.3 is 0 Å². The van der Waals surface area contributed by atoms with Crippen LogP contribution in [0.25, 0.3) is 0 Å². The summed E-state index contributed by atoms with van der Waals surface area (Å²) in [6, 6.07) is 0. The van der Waals surface area contributed by atoms with E-state index in [4.69, 9.17) is 0 Å². The Morgan fingerprint density at radius 3 is 2.11 bits per heavy atom. The van der Waals surface area contributed by atoms with Crippen LogP contribution in [0.5, 0.6) is 0 Å². The van der Waals surface area contributed by atoms with E-state index in [2.05, 4.69) is 0 Å². The average molecular weight is 285 g/mol. The third kappa shape index (κ3) is 2.77. The first kappa shape index (κ1) is 14.0. The van der Waals surface area contributed by atoms with Crippen LogP contribution in [0.4, 0.5) is 0 Å². The van der Waals surface area contributed by atoms with Crippen molar-refractivity contribution in [3.8, 4) is 0 Å². The fraction of sp³-hybridized carbons (Fsp3) is 0.692. The molecule has 2 rings (SSSR count). The molecule has 0 aromatic carbocycles. The molecule has 0 unspecified atom stereocenters. The first-order valence-corrected chi connectivity index (χ1v) is 8.53. The van der Waals surface area contributed by atoms with Crippen LogP contribution in [0.15, 0.2) is 9.81 Å². The van der Waals surface area contributed by atoms with Crippen LogP contribution in [0.2, 0.25) is 0 Å². The monoisotopic (exact) mass is 285 g/mol. The molecule has 0 aromatic heterocycles. The zero-order chi connectivity index (χ0) is 13.1. The molecule has 5 heteroatoms. The molecule has 100 valence electrons. The van der Waals surface area contributed by atoms with Crippen LogP contribution in [-0.2, 0) is 9.59 Å². The van der Waals surface area contributed by atoms with Gasteiger partial charge in [0.15, 0.2) is 0 Å². The van der Waals surface area contributed by atoms with E-state index in [1.54, 1.807) is 18.8 Å². The van der Waals surface area contributed by atoms with Crippen molar-refractivity contribution in [2.75, 3.05) is 13.3 Å². The number of amides is 2. The Morgan fingerprint density at radius 2 is 1.56 bits per heavy atom. The van der Waals surface area contributed by atoms with Crippen molar-refractivity contribution in [3.05, 3.63) is 9.81 Å². The summed E-state index contributed by atoms with van der Waals surface area (Å²) in [5.41, 5.74) is 0. The summed E-state index contributed by atoms with van der Waals surface area (Å²) >= 11 is 3.03. The predicted molar refractivity (Wildman–Crippen MR) is 77.4 cm³/mol. The standard InChI is InChI=1S/C13H19NO2S2/c1-14-12(15)10(17-2)11(13(14)16)18-9-7-5-3-4-6-8-9/h9H,3-8H2,1-2H3. The van der Waals surface area contributed by atoms with E-state index in [1.807, 2.05) is 6.26 Å². The fourth-order valence-electron chi connectivity index (χ4n) is 2.40. The zero-order valence-electron chi connectivity index (χ0n) is 10.9. The minimum absolute atomic E-state index is 0.112. The molecule has 3 nitrogen and oxygen atoms in total. The number of rotatable bonds is 3. The molecule has 0 spiro atoms. The Morgan fingerprint density at radius 1 is 1.00 bits per heavy atom. The Balaban J connectivity index is 2.12. The molecule has 0 saturated heterocycles. The summed E-state index contributed by atoms with van der Waals surface area (Å²) in [6.07, 6.45) is 9.31. The van der Waals surface area contributed by atoms with Gasteiger partial charge in [-0.3, -0.25) is 14.5 Å². The average Bonchev–Trinajstić information content (AvgIpc) is 2.60. The van der Waals surface area contributed by atoms with E-state index >= 15 is 0 Å². The minimum Gasteiger partial charge on any atom is -0.277 e. The smallest absolute Gasteiger partial charge is 0.268 e. The van der Waals surface area contributed by atoms with Gasteiger partial charge in [0.2, 0.25) is 0 Å². The fourth-order valence-corrected chi connectivity index (χ4v) is 4.71. The highest BCUT2D eigenvalue weighted by Crippen LogP contribution is 2.40. The number of carbonyl (C=O) groups excluding carboxylic acids is 2. The van der Waals surface area contributed by atoms with Crippen molar-refractivity contribution in [1.29, 1.82) is 0 Å². The quantitative estimate of drug-likeness (QED) is 0.590. The van der Waals surface area contributed by atoms with Gasteiger partial charge in [-0.25, -0.2) is 0 Å². The van der Waals surface area contributed by atoms with Gasteiger partial charge >= 0.3 is 0 Å². The van der Waals surface area contributed by atoms with Crippen molar-refractivity contribution in [2.24, 2.45) is 0 Å². The molecule has 1 heterocycles. The van der Waals surface area contributed by atoms with Gasteiger partial charge in [0.05, 0.1) is 9.81 Å². The zero-order valence-corrected chi connectivity index (χ0v) is 12.5. The second-order valence-corrected chi connectivity index (χ2v) is 6.89. The Hall–Kier alpha value is -0.420. The lowest BCUT2D eigenvalue weighted by Crippen LogP contribution is -2.26. The van der Waals surface area contributed by atoms with Crippen LogP contribution in [0.1, 0.15) is 38.5 Å². The van der Waals surface area contributed by atoms with Crippen LogP contribution in [0, 0.1) is 0 Å². The largest absolute Gasteiger partial charge is 0.277 e. The molecule has 1 fully saturated rings. The maximum atomic E-state index is 12.1. The van der Waals surface area contributed by atoms with Gasteiger partial charge in [0.1, 0.15) is 0 Å². The van der Waals surface area contributed by atoms with E-state index in [1.165, 1.54) is 55.2 Å². The van der Waals surface area contributed by atoms with Gasteiger partial charge in [0, 0.05) is 12.3 Å². The van der Waals surface area contributed by atoms with Crippen LogP contribution < -0.4 is 0 Å². The number of nitrogens with zero attached hydrogens (tertiary/aromatic N) is 1. The SMILES string of the molecule is CSC1=C(SC2CCCCCC2)C(=O)N(C)C1=O. The molecule has 2 aliphatic rings. The number of carbonyl (C=O) groups is 2. The summed E-state index contributed by atoms with van der Waals surface area (Å²) < 4.78 is 0. The summed E-state index contributed by atoms with van der Waals surface area (Å²) in [5.74, 6) is -0.248. The maximum Gasteiger partial charge on any atom is 0.268 e. The first-order valence-electron chi connectivity index (χ1n) is 6.42. The van der Waals surface area contributed by atoms with Crippen molar-refractivity contribution in [2.45, 2.75) is 43.8 Å². The third-order valence-electron chi connectivity index (χ3n) is 3.49. The van der Waals surface area contributed by atoms with Gasteiger partial charge in [-0.1, -0.05) is 25.7 Å². The van der Waals surface area contributed by atoms with Crippen molar-refractivity contribution in [3.63, 3.8) is 0 Å². The molecule has 0 radical (unpaired) electrons. The molecule has 0 N–H and O–H groups in total. The molecule has 0 aromatic rings. The second-order valence-electron chi connectivity index (χ2n) is 4.76. The predicted octanol–water partition coefficient (Wildman–Crippen LogP) is 3.02. The third-order valence-corrected chi connectivity index (χ3v) is 5.83. The van der Waals surface area contributed by atoms with E-state index in [9.17, 15) is 9.59 Å². The number of thioether (sulfide) groups is 2. The Bertz CT molecular complexity index is 384. The van der Waals surface area contributed by atoms with E-state index in [0.29, 0.717) is 15.1 Å². The van der Waals surface area contributed by atoms with Gasteiger partial charge in [-0.05, 0) is 19.1 Å². The molecule has 0 atom stereocenters. The van der Waals surface area contributed by atoms with Gasteiger partial charge in [-0.2, -0.15) is 0 Å². The Labute approximate surface area is 117 Å². The lowest BCUT2D eigenvalue weighted by atomic mass is 10.2. The molecule has 1 aliphatic heterocycles. The number of likely N-dealkylation sites (N-methyl/N-ethyl adjacent to an activating group) is 1. The van der Waals surface area contributed by atoms with Crippen LogP contribution >= 0.6 is 23.5 Å². The lowest BCUT2D eigenvalue weighted by molar-refractivity contribution is -0.135. The van der Waals surface area contributed by atoms with Crippen LogP contribution in [0.3, 0.4) is 0 Å². The van der Waals surface area contributed by atoms with Crippen LogP contribution in [-0.4, -0.2) is 35.3 Å². The van der Waals surface area contributed by atoms with E-state index in [0.717, 1.165) is 0 Å². The van der Waals surface area contributed by atoms with Crippen molar-refractivity contribution in [1.82, 2.24) is 4.90 Å². The number of hydrogen-bond donors (Lipinski definition) is 0. The highest BCUT2D eigenvalue weighted by molar-refractivity contribution is 8.08. The number of hydrogen-bond acceptors (Lipinski definition) is 4. The molecule has 18 heavy (non-hydrogen) atoms. The van der Waals surface area contributed by atoms with E-state index < -0.39 is 0 Å². The normalized spacial score (nSPS) is 22.9. The second kappa shape index (κ2) is 6.15. The van der Waals surface area contributed by atoms with Gasteiger partial charge in [-0.15, -0.1) is 23.5 Å². The summed E-state index contributed by atoms with van der Waals surface area (Å²) in [4.78, 5) is 26.5. The Kier molecular flexibility index (Phi) is 4.78. The molecule has 1 aliphatic carbocycles. The molecule has 2 amide bonds. The topological polar surface area (TPSA) is 37.4 Å². The summed E-state index contributed by atoms with van der Waals surface area (Å²) in [6.45, 7) is 0. The molecule has 0 bridgehead atoms. The molecule has 1 saturated carbocycles. The first-order chi connectivity index (χ1) is 8.65. The lowest BCUT2D eigenvalue weighted by Gasteiger charge is -2.14. The highest BCUT2D eigenvalue weighted by Gasteiger charge is 2.36. The summed E-state index contributed by atoms with van der Waals surface area (Å²) in [5, 5.41) is 0.507. The summed E-state index contributed by atoms with van der Waals surface area (Å²) in [7, 11) is 1.57. The van der Waals surface area contributed by atoms with Gasteiger partial charge in [0.25, 0.3) is 11.8 Å². The van der Waals surface area contributed by atoms with Crippen molar-refractivity contribution < 1.29 is 9.59 Å². The highest BCUT2D eigenvalue weighted by atomic mass is 32.2. The molecular weight excluding hydrogens is 266 g/mol. The maximum absolute atomic E-state index is 12.1. The number of imide groups is 1. The minimum atomic E-state index is -0.136. The van der Waals surface area contributed by atoms with E-state index in [-0.39, 0.29) is 11.8 Å². The molecular formula is C13H19NO2S2.